The Bertz CT molecular complexity index is 523. The Morgan fingerprint density at radius 2 is 2.35 bits per heavy atom. The number of carboxylic acid groups (broad SMARTS) is 1. The second-order valence-electron chi connectivity index (χ2n) is 3.66. The van der Waals surface area contributed by atoms with E-state index in [9.17, 15) is 4.79 Å². The molecule has 5 heteroatoms. The maximum absolute atomic E-state index is 11.0. The van der Waals surface area contributed by atoms with Crippen LogP contribution in [0.4, 0.5) is 5.69 Å². The molecule has 17 heavy (non-hydrogen) atoms. The van der Waals surface area contributed by atoms with Gasteiger partial charge in [-0.15, -0.1) is 11.3 Å². The maximum Gasteiger partial charge on any atom is 0.328 e. The van der Waals surface area contributed by atoms with Gasteiger partial charge in [0.15, 0.2) is 0 Å². The summed E-state index contributed by atoms with van der Waals surface area (Å²) in [6.45, 7) is 0.136. The summed E-state index contributed by atoms with van der Waals surface area (Å²) in [6, 6.07) is 7.09. The molecule has 0 amide bonds. The van der Waals surface area contributed by atoms with Crippen molar-refractivity contribution in [1.82, 2.24) is 0 Å². The largest absolute Gasteiger partial charge is 0.480 e. The lowest BCUT2D eigenvalue weighted by Gasteiger charge is -2.14. The number of methoxy groups -OCH3 is 1. The van der Waals surface area contributed by atoms with Gasteiger partial charge in [-0.2, -0.15) is 0 Å². The summed E-state index contributed by atoms with van der Waals surface area (Å²) < 4.78 is 6.06. The molecule has 0 saturated heterocycles. The van der Waals surface area contributed by atoms with Crippen molar-refractivity contribution in [2.24, 2.45) is 0 Å². The van der Waals surface area contributed by atoms with Gasteiger partial charge in [0.05, 0.1) is 6.61 Å². The molecule has 1 aromatic carbocycles. The third-order valence-electron chi connectivity index (χ3n) is 2.42. The predicted octanol–water partition coefficient (Wildman–Crippen LogP) is 2.41. The van der Waals surface area contributed by atoms with Crippen LogP contribution in [0.25, 0.3) is 10.1 Å². The van der Waals surface area contributed by atoms with Gasteiger partial charge in [0.1, 0.15) is 6.04 Å². The van der Waals surface area contributed by atoms with Crippen molar-refractivity contribution < 1.29 is 14.6 Å². The summed E-state index contributed by atoms with van der Waals surface area (Å²) in [7, 11) is 1.49. The number of rotatable bonds is 5. The van der Waals surface area contributed by atoms with Crippen molar-refractivity contribution >= 4 is 33.1 Å². The van der Waals surface area contributed by atoms with E-state index in [1.54, 1.807) is 11.3 Å². The molecule has 2 aromatic rings. The number of carbonyl (C=O) groups is 1. The predicted molar refractivity (Wildman–Crippen MR) is 68.7 cm³/mol. The molecule has 0 saturated carbocycles. The molecular formula is C12H13NO3S. The first-order valence-electron chi connectivity index (χ1n) is 5.16. The average Bonchev–Trinajstić information content (AvgIpc) is 2.75. The highest BCUT2D eigenvalue weighted by Crippen LogP contribution is 2.24. The van der Waals surface area contributed by atoms with Gasteiger partial charge in [-0.05, 0) is 35.0 Å². The highest BCUT2D eigenvalue weighted by Gasteiger charge is 2.16. The van der Waals surface area contributed by atoms with Gasteiger partial charge < -0.3 is 15.2 Å². The van der Waals surface area contributed by atoms with E-state index in [2.05, 4.69) is 5.32 Å². The lowest BCUT2D eigenvalue weighted by Crippen LogP contribution is -2.33. The fourth-order valence-corrected chi connectivity index (χ4v) is 2.37. The second kappa shape index (κ2) is 5.16. The van der Waals surface area contributed by atoms with Crippen LogP contribution in [0.3, 0.4) is 0 Å². The van der Waals surface area contributed by atoms with E-state index in [-0.39, 0.29) is 6.61 Å². The molecule has 0 aliphatic carbocycles. The quantitative estimate of drug-likeness (QED) is 0.856. The summed E-state index contributed by atoms with van der Waals surface area (Å²) in [5.41, 5.74) is 0.792. The molecule has 1 aromatic heterocycles. The maximum atomic E-state index is 11.0. The van der Waals surface area contributed by atoms with Crippen molar-refractivity contribution in [3.63, 3.8) is 0 Å². The number of fused-ring (bicyclic) bond motifs is 1. The van der Waals surface area contributed by atoms with Gasteiger partial charge in [-0.1, -0.05) is 0 Å². The zero-order valence-electron chi connectivity index (χ0n) is 9.34. The zero-order chi connectivity index (χ0) is 12.3. The number of carboxylic acids is 1. The third-order valence-corrected chi connectivity index (χ3v) is 3.32. The fourth-order valence-electron chi connectivity index (χ4n) is 1.60. The first-order chi connectivity index (χ1) is 8.20. The summed E-state index contributed by atoms with van der Waals surface area (Å²) in [4.78, 5) is 11.0. The third kappa shape index (κ3) is 2.75. The molecule has 0 bridgehead atoms. The molecule has 0 aliphatic rings. The Morgan fingerprint density at radius 1 is 1.53 bits per heavy atom. The van der Waals surface area contributed by atoms with Crippen LogP contribution in [0.2, 0.25) is 0 Å². The van der Waals surface area contributed by atoms with Crippen molar-refractivity contribution in [2.45, 2.75) is 6.04 Å². The molecule has 2 N–H and O–H groups in total. The Hall–Kier alpha value is -1.59. The fraction of sp³-hybridized carbons (Fsp3) is 0.250. The molecule has 4 nitrogen and oxygen atoms in total. The minimum atomic E-state index is -0.919. The lowest BCUT2D eigenvalue weighted by atomic mass is 10.2. The Balaban J connectivity index is 2.18. The van der Waals surface area contributed by atoms with Crippen molar-refractivity contribution in [1.29, 1.82) is 0 Å². The molecule has 2 rings (SSSR count). The first-order valence-corrected chi connectivity index (χ1v) is 6.04. The zero-order valence-corrected chi connectivity index (χ0v) is 10.2. The van der Waals surface area contributed by atoms with Crippen LogP contribution >= 0.6 is 11.3 Å². The van der Waals surface area contributed by atoms with Crippen LogP contribution in [0.15, 0.2) is 29.6 Å². The molecule has 1 heterocycles. The second-order valence-corrected chi connectivity index (χ2v) is 4.61. The Labute approximate surface area is 103 Å². The number of aliphatic carboxylic acids is 1. The van der Waals surface area contributed by atoms with Crippen LogP contribution in [-0.2, 0) is 9.53 Å². The Kier molecular flexibility index (Phi) is 3.61. The summed E-state index contributed by atoms with van der Waals surface area (Å²) in [5.74, 6) is -0.919. The minimum absolute atomic E-state index is 0.136. The molecule has 1 unspecified atom stereocenters. The first kappa shape index (κ1) is 11.9. The molecule has 0 spiro atoms. The number of anilines is 1. The molecular weight excluding hydrogens is 238 g/mol. The van der Waals surface area contributed by atoms with Gasteiger partial charge in [0, 0.05) is 17.5 Å². The van der Waals surface area contributed by atoms with Crippen molar-refractivity contribution in [2.75, 3.05) is 19.0 Å². The van der Waals surface area contributed by atoms with Gasteiger partial charge >= 0.3 is 5.97 Å². The molecule has 0 radical (unpaired) electrons. The molecule has 1 atom stereocenters. The normalized spacial score (nSPS) is 12.5. The van der Waals surface area contributed by atoms with Crippen LogP contribution in [0.1, 0.15) is 0 Å². The van der Waals surface area contributed by atoms with Gasteiger partial charge in [0.25, 0.3) is 0 Å². The van der Waals surface area contributed by atoms with E-state index >= 15 is 0 Å². The van der Waals surface area contributed by atoms with Crippen LogP contribution in [-0.4, -0.2) is 30.8 Å². The number of nitrogens with one attached hydrogen (secondary N) is 1. The number of ether oxygens (including phenoxy) is 1. The lowest BCUT2D eigenvalue weighted by molar-refractivity contribution is -0.139. The molecule has 90 valence electrons. The monoisotopic (exact) mass is 251 g/mol. The summed E-state index contributed by atoms with van der Waals surface area (Å²) in [5, 5.41) is 15.1. The number of hydrogen-bond donors (Lipinski definition) is 2. The Morgan fingerprint density at radius 3 is 3.06 bits per heavy atom. The van der Waals surface area contributed by atoms with Gasteiger partial charge in [-0.3, -0.25) is 0 Å². The van der Waals surface area contributed by atoms with E-state index < -0.39 is 12.0 Å². The van der Waals surface area contributed by atoms with Gasteiger partial charge in [0.2, 0.25) is 0 Å². The van der Waals surface area contributed by atoms with Crippen molar-refractivity contribution in [3.05, 3.63) is 29.6 Å². The minimum Gasteiger partial charge on any atom is -0.480 e. The number of thiophene rings is 1. The summed E-state index contributed by atoms with van der Waals surface area (Å²) >= 11 is 1.66. The van der Waals surface area contributed by atoms with Crippen LogP contribution in [0.5, 0.6) is 0 Å². The highest BCUT2D eigenvalue weighted by molar-refractivity contribution is 7.17. The number of benzene rings is 1. The smallest absolute Gasteiger partial charge is 0.328 e. The van der Waals surface area contributed by atoms with Crippen molar-refractivity contribution in [3.8, 4) is 0 Å². The van der Waals surface area contributed by atoms with Crippen LogP contribution in [0, 0.1) is 0 Å². The van der Waals surface area contributed by atoms with E-state index in [1.165, 1.54) is 11.8 Å². The van der Waals surface area contributed by atoms with E-state index in [0.29, 0.717) is 0 Å². The topological polar surface area (TPSA) is 58.6 Å². The SMILES string of the molecule is COCC(Nc1ccc2sccc2c1)C(=O)O. The molecule has 0 aliphatic heterocycles. The van der Waals surface area contributed by atoms with Crippen LogP contribution < -0.4 is 5.32 Å². The molecule has 0 fully saturated rings. The van der Waals surface area contributed by atoms with E-state index in [1.807, 2.05) is 29.6 Å². The van der Waals surface area contributed by atoms with E-state index in [4.69, 9.17) is 9.84 Å². The number of hydrogen-bond acceptors (Lipinski definition) is 4. The highest BCUT2D eigenvalue weighted by atomic mass is 32.1. The van der Waals surface area contributed by atoms with Gasteiger partial charge in [-0.25, -0.2) is 4.79 Å². The standard InChI is InChI=1S/C12H13NO3S/c1-16-7-10(12(14)15)13-9-2-3-11-8(6-9)4-5-17-11/h2-6,10,13H,7H2,1H3,(H,14,15). The summed E-state index contributed by atoms with van der Waals surface area (Å²) in [6.07, 6.45) is 0. The average molecular weight is 251 g/mol. The van der Waals surface area contributed by atoms with E-state index in [0.717, 1.165) is 11.1 Å².